The number of hydrogen-bond donors (Lipinski definition) is 1. The Bertz CT molecular complexity index is 1480. The Balaban J connectivity index is 1.73. The van der Waals surface area contributed by atoms with Gasteiger partial charge in [0.15, 0.2) is 0 Å². The average Bonchev–Trinajstić information content (AvgIpc) is 3.13. The van der Waals surface area contributed by atoms with E-state index >= 15 is 0 Å². The van der Waals surface area contributed by atoms with Crippen LogP contribution in [0.15, 0.2) is 96.6 Å². The SMILES string of the molecule is COc1ccccc1CN1C(=O)C(=O)/C(=C(/O)c2cccc3ccccc23)C1c1ccccc1C. The van der Waals surface area contributed by atoms with Crippen molar-refractivity contribution in [1.29, 1.82) is 0 Å². The molecule has 1 fully saturated rings. The maximum Gasteiger partial charge on any atom is 0.295 e. The van der Waals surface area contributed by atoms with Gasteiger partial charge in [0.2, 0.25) is 0 Å². The molecular formula is C30H25NO4. The fourth-order valence-corrected chi connectivity index (χ4v) is 4.85. The van der Waals surface area contributed by atoms with Crippen molar-refractivity contribution in [2.45, 2.75) is 19.5 Å². The van der Waals surface area contributed by atoms with Gasteiger partial charge in [-0.1, -0.05) is 84.9 Å². The zero-order valence-electron chi connectivity index (χ0n) is 19.6. The van der Waals surface area contributed by atoms with E-state index in [1.165, 1.54) is 4.90 Å². The maximum atomic E-state index is 13.5. The number of carbonyl (C=O) groups excluding carboxylic acids is 2. The number of para-hydroxylation sites is 1. The quantitative estimate of drug-likeness (QED) is 0.232. The lowest BCUT2D eigenvalue weighted by molar-refractivity contribution is -0.140. The third-order valence-corrected chi connectivity index (χ3v) is 6.60. The molecule has 1 aliphatic rings. The van der Waals surface area contributed by atoms with E-state index in [0.29, 0.717) is 11.3 Å². The topological polar surface area (TPSA) is 66.8 Å². The van der Waals surface area contributed by atoms with E-state index in [-0.39, 0.29) is 17.9 Å². The monoisotopic (exact) mass is 463 g/mol. The summed E-state index contributed by atoms with van der Waals surface area (Å²) in [6.45, 7) is 2.11. The predicted molar refractivity (Wildman–Crippen MR) is 136 cm³/mol. The Kier molecular flexibility index (Phi) is 5.83. The minimum Gasteiger partial charge on any atom is -0.507 e. The van der Waals surface area contributed by atoms with Gasteiger partial charge in [-0.3, -0.25) is 9.59 Å². The van der Waals surface area contributed by atoms with E-state index < -0.39 is 17.7 Å². The maximum absolute atomic E-state index is 13.5. The van der Waals surface area contributed by atoms with Crippen LogP contribution in [0.4, 0.5) is 0 Å². The molecule has 1 atom stereocenters. The number of rotatable bonds is 5. The second-order valence-corrected chi connectivity index (χ2v) is 8.62. The number of ketones is 1. The van der Waals surface area contributed by atoms with Crippen molar-refractivity contribution >= 4 is 28.2 Å². The third kappa shape index (κ3) is 3.85. The number of aryl methyl sites for hydroxylation is 1. The van der Waals surface area contributed by atoms with Gasteiger partial charge in [-0.05, 0) is 34.9 Å². The van der Waals surface area contributed by atoms with Crippen molar-refractivity contribution in [3.8, 4) is 5.75 Å². The Morgan fingerprint density at radius 2 is 1.57 bits per heavy atom. The van der Waals surface area contributed by atoms with Crippen LogP contribution in [0.3, 0.4) is 0 Å². The number of methoxy groups -OCH3 is 1. The fourth-order valence-electron chi connectivity index (χ4n) is 4.85. The van der Waals surface area contributed by atoms with Crippen LogP contribution in [0.2, 0.25) is 0 Å². The number of ether oxygens (including phenoxy) is 1. The first-order valence-electron chi connectivity index (χ1n) is 11.4. The van der Waals surface area contributed by atoms with Crippen molar-refractivity contribution in [2.24, 2.45) is 0 Å². The minimum absolute atomic E-state index is 0.0931. The molecular weight excluding hydrogens is 438 g/mol. The first kappa shape index (κ1) is 22.4. The third-order valence-electron chi connectivity index (χ3n) is 6.60. The zero-order chi connectivity index (χ0) is 24.5. The minimum atomic E-state index is -0.736. The fraction of sp³-hybridized carbons (Fsp3) is 0.133. The van der Waals surface area contributed by atoms with Gasteiger partial charge < -0.3 is 14.7 Å². The normalized spacial score (nSPS) is 17.2. The second kappa shape index (κ2) is 9.11. The lowest BCUT2D eigenvalue weighted by atomic mass is 9.91. The van der Waals surface area contributed by atoms with Crippen molar-refractivity contribution < 1.29 is 19.4 Å². The van der Waals surface area contributed by atoms with Crippen LogP contribution in [0.1, 0.15) is 28.3 Å². The van der Waals surface area contributed by atoms with Gasteiger partial charge in [-0.25, -0.2) is 0 Å². The molecule has 1 heterocycles. The van der Waals surface area contributed by atoms with Gasteiger partial charge in [0.05, 0.1) is 25.3 Å². The van der Waals surface area contributed by atoms with Gasteiger partial charge in [-0.2, -0.15) is 0 Å². The van der Waals surface area contributed by atoms with Crippen LogP contribution in [-0.4, -0.2) is 28.8 Å². The summed E-state index contributed by atoms with van der Waals surface area (Å²) in [4.78, 5) is 28.4. The zero-order valence-corrected chi connectivity index (χ0v) is 19.6. The molecule has 35 heavy (non-hydrogen) atoms. The van der Waals surface area contributed by atoms with Gasteiger partial charge in [0, 0.05) is 11.1 Å². The largest absolute Gasteiger partial charge is 0.507 e. The number of likely N-dealkylation sites (tertiary alicyclic amines) is 1. The number of amides is 1. The second-order valence-electron chi connectivity index (χ2n) is 8.62. The van der Waals surface area contributed by atoms with Crippen molar-refractivity contribution in [1.82, 2.24) is 4.90 Å². The molecule has 5 rings (SSSR count). The molecule has 0 bridgehead atoms. The number of Topliss-reactive ketones (excluding diaryl/α,β-unsaturated/α-hetero) is 1. The molecule has 1 aliphatic heterocycles. The summed E-state index contributed by atoms with van der Waals surface area (Å²) in [5.41, 5.74) is 3.12. The molecule has 0 spiro atoms. The highest BCUT2D eigenvalue weighted by Gasteiger charge is 2.46. The molecule has 5 heteroatoms. The number of aliphatic hydroxyl groups is 1. The Morgan fingerprint density at radius 1 is 0.886 bits per heavy atom. The van der Waals surface area contributed by atoms with Crippen molar-refractivity contribution in [3.05, 3.63) is 119 Å². The van der Waals surface area contributed by atoms with Crippen LogP contribution in [0.25, 0.3) is 16.5 Å². The highest BCUT2D eigenvalue weighted by Crippen LogP contribution is 2.42. The molecule has 1 unspecified atom stereocenters. The summed E-state index contributed by atoms with van der Waals surface area (Å²) in [5, 5.41) is 13.3. The van der Waals surface area contributed by atoms with Crippen LogP contribution in [0.5, 0.6) is 5.75 Å². The van der Waals surface area contributed by atoms with E-state index in [4.69, 9.17) is 4.74 Å². The molecule has 0 radical (unpaired) electrons. The first-order valence-corrected chi connectivity index (χ1v) is 11.4. The summed E-state index contributed by atoms with van der Waals surface area (Å²) < 4.78 is 5.49. The van der Waals surface area contributed by atoms with Crippen LogP contribution < -0.4 is 4.74 Å². The molecule has 0 aromatic heterocycles. The standard InChI is InChI=1S/C30H25NO4/c1-19-10-3-6-14-22(19)27-26(28(32)24-16-9-13-20-11-4-7-15-23(20)24)29(33)30(34)31(27)18-21-12-5-8-17-25(21)35-2/h3-17,27,32H,18H2,1-2H3/b28-26+. The summed E-state index contributed by atoms with van der Waals surface area (Å²) in [6.07, 6.45) is 0. The molecule has 1 N–H and O–H groups in total. The summed E-state index contributed by atoms with van der Waals surface area (Å²) in [7, 11) is 1.58. The summed E-state index contributed by atoms with van der Waals surface area (Å²) in [6, 6.07) is 27.5. The van der Waals surface area contributed by atoms with Gasteiger partial charge in [0.25, 0.3) is 11.7 Å². The Morgan fingerprint density at radius 3 is 2.37 bits per heavy atom. The number of hydrogen-bond acceptors (Lipinski definition) is 4. The van der Waals surface area contributed by atoms with E-state index in [1.807, 2.05) is 91.9 Å². The number of nitrogens with zero attached hydrogens (tertiary/aromatic N) is 1. The molecule has 1 saturated heterocycles. The number of carbonyl (C=O) groups is 2. The number of aliphatic hydroxyl groups excluding tert-OH is 1. The van der Waals surface area contributed by atoms with Crippen LogP contribution in [-0.2, 0) is 16.1 Å². The highest BCUT2D eigenvalue weighted by atomic mass is 16.5. The molecule has 0 saturated carbocycles. The Hall–Kier alpha value is -4.38. The number of fused-ring (bicyclic) bond motifs is 1. The average molecular weight is 464 g/mol. The molecule has 0 aliphatic carbocycles. The van der Waals surface area contributed by atoms with Gasteiger partial charge in [0.1, 0.15) is 11.5 Å². The van der Waals surface area contributed by atoms with Gasteiger partial charge >= 0.3 is 0 Å². The van der Waals surface area contributed by atoms with E-state index in [1.54, 1.807) is 13.2 Å². The van der Waals surface area contributed by atoms with E-state index in [9.17, 15) is 14.7 Å². The van der Waals surface area contributed by atoms with Crippen molar-refractivity contribution in [3.63, 3.8) is 0 Å². The molecule has 4 aromatic rings. The van der Waals surface area contributed by atoms with E-state index in [2.05, 4.69) is 0 Å². The van der Waals surface area contributed by atoms with Crippen LogP contribution >= 0.6 is 0 Å². The predicted octanol–water partition coefficient (Wildman–Crippen LogP) is 5.78. The number of benzene rings is 4. The highest BCUT2D eigenvalue weighted by molar-refractivity contribution is 6.46. The first-order chi connectivity index (χ1) is 17.0. The smallest absolute Gasteiger partial charge is 0.295 e. The molecule has 1 amide bonds. The Labute approximate surface area is 203 Å². The van der Waals surface area contributed by atoms with Crippen LogP contribution in [0, 0.1) is 6.92 Å². The molecule has 4 aromatic carbocycles. The summed E-state index contributed by atoms with van der Waals surface area (Å²) in [5.74, 6) is -0.882. The summed E-state index contributed by atoms with van der Waals surface area (Å²) >= 11 is 0. The lowest BCUT2D eigenvalue weighted by Gasteiger charge is -2.27. The van der Waals surface area contributed by atoms with Crippen molar-refractivity contribution in [2.75, 3.05) is 7.11 Å². The van der Waals surface area contributed by atoms with E-state index in [0.717, 1.165) is 27.5 Å². The molecule has 5 nitrogen and oxygen atoms in total. The van der Waals surface area contributed by atoms with Gasteiger partial charge in [-0.15, -0.1) is 0 Å². The lowest BCUT2D eigenvalue weighted by Crippen LogP contribution is -2.29. The molecule has 174 valence electrons.